The Labute approximate surface area is 176 Å². The van der Waals surface area contributed by atoms with E-state index in [1.54, 1.807) is 6.26 Å². The van der Waals surface area contributed by atoms with Gasteiger partial charge in [-0.25, -0.2) is 0 Å². The number of amides is 2. The first-order chi connectivity index (χ1) is 14.6. The monoisotopic (exact) mass is 402 g/mol. The second-order valence-electron chi connectivity index (χ2n) is 8.46. The fourth-order valence-corrected chi connectivity index (χ4v) is 4.77. The third-order valence-corrected chi connectivity index (χ3v) is 6.50. The molecule has 154 valence electrons. The molecule has 0 bridgehead atoms. The molecule has 2 aromatic carbocycles. The number of rotatable bonds is 3. The van der Waals surface area contributed by atoms with Crippen molar-refractivity contribution in [2.75, 3.05) is 24.5 Å². The molecule has 0 aliphatic carbocycles. The zero-order chi connectivity index (χ0) is 20.7. The van der Waals surface area contributed by atoms with Gasteiger partial charge in [0.1, 0.15) is 5.58 Å². The number of piperidine rings is 1. The molecule has 0 unspecified atom stereocenters. The molecule has 0 radical (unpaired) electrons. The van der Waals surface area contributed by atoms with Crippen LogP contribution >= 0.6 is 0 Å². The van der Waals surface area contributed by atoms with E-state index in [-0.39, 0.29) is 17.7 Å². The predicted octanol–water partition coefficient (Wildman–Crippen LogP) is 4.11. The zero-order valence-corrected chi connectivity index (χ0v) is 17.3. The molecule has 1 fully saturated rings. The molecule has 0 N–H and O–H groups in total. The highest BCUT2D eigenvalue weighted by Gasteiger charge is 2.33. The number of likely N-dealkylation sites (tertiary alicyclic amines) is 1. The summed E-state index contributed by atoms with van der Waals surface area (Å²) in [5.41, 5.74) is 5.21. The lowest BCUT2D eigenvalue weighted by Gasteiger charge is -2.33. The summed E-state index contributed by atoms with van der Waals surface area (Å²) in [4.78, 5) is 29.8. The number of furan rings is 1. The molecule has 5 heteroatoms. The van der Waals surface area contributed by atoms with E-state index in [2.05, 4.69) is 6.07 Å². The van der Waals surface area contributed by atoms with E-state index in [9.17, 15) is 9.59 Å². The quantitative estimate of drug-likeness (QED) is 0.662. The van der Waals surface area contributed by atoms with Crippen LogP contribution in [0.3, 0.4) is 0 Å². The normalized spacial score (nSPS) is 16.8. The third kappa shape index (κ3) is 3.38. The van der Waals surface area contributed by atoms with E-state index in [1.807, 2.05) is 53.1 Å². The molecule has 2 aliphatic heterocycles. The number of nitrogens with zero attached hydrogens (tertiary/aromatic N) is 2. The number of hydrogen-bond acceptors (Lipinski definition) is 3. The van der Waals surface area contributed by atoms with Crippen LogP contribution in [0.1, 0.15) is 29.5 Å². The highest BCUT2D eigenvalue weighted by molar-refractivity contribution is 5.97. The van der Waals surface area contributed by atoms with Crippen LogP contribution in [0.4, 0.5) is 5.69 Å². The summed E-state index contributed by atoms with van der Waals surface area (Å²) in [6.07, 6.45) is 4.43. The molecule has 2 amide bonds. The van der Waals surface area contributed by atoms with Crippen molar-refractivity contribution < 1.29 is 14.0 Å². The summed E-state index contributed by atoms with van der Waals surface area (Å²) >= 11 is 0. The molecule has 0 spiro atoms. The van der Waals surface area contributed by atoms with Crippen LogP contribution in [0.15, 0.2) is 53.1 Å². The van der Waals surface area contributed by atoms with Crippen molar-refractivity contribution in [1.82, 2.24) is 4.90 Å². The average Bonchev–Trinajstić information content (AvgIpc) is 3.37. The van der Waals surface area contributed by atoms with Crippen LogP contribution in [0.25, 0.3) is 11.0 Å². The van der Waals surface area contributed by atoms with Crippen molar-refractivity contribution in [3.8, 4) is 0 Å². The zero-order valence-electron chi connectivity index (χ0n) is 17.3. The maximum Gasteiger partial charge on any atom is 0.230 e. The minimum absolute atomic E-state index is 0.00191. The lowest BCUT2D eigenvalue weighted by atomic mass is 9.94. The molecule has 0 atom stereocenters. The van der Waals surface area contributed by atoms with E-state index < -0.39 is 0 Å². The van der Waals surface area contributed by atoms with Gasteiger partial charge in [0, 0.05) is 42.2 Å². The highest BCUT2D eigenvalue weighted by Crippen LogP contribution is 2.31. The number of carbonyl (C=O) groups is 2. The summed E-state index contributed by atoms with van der Waals surface area (Å²) in [6, 6.07) is 14.2. The minimum atomic E-state index is -0.00191. The molecule has 2 aliphatic rings. The van der Waals surface area contributed by atoms with Crippen molar-refractivity contribution in [1.29, 1.82) is 0 Å². The topological polar surface area (TPSA) is 53.8 Å². The largest absolute Gasteiger partial charge is 0.464 e. The predicted molar refractivity (Wildman–Crippen MR) is 116 cm³/mol. The standard InChI is InChI=1S/C25H26N2O3/c1-17-6-7-21-20(16-30-23(21)14-17)15-24(28)26-11-8-19(9-12-26)25(29)27-13-10-18-4-2-3-5-22(18)27/h2-7,14,16,19H,8-13,15H2,1H3. The van der Waals surface area contributed by atoms with Crippen molar-refractivity contribution in [3.05, 3.63) is 65.4 Å². The molecule has 30 heavy (non-hydrogen) atoms. The Balaban J connectivity index is 1.20. The highest BCUT2D eigenvalue weighted by atomic mass is 16.3. The SMILES string of the molecule is Cc1ccc2c(CC(=O)N3CCC(C(=O)N4CCc5ccccc54)CC3)coc2c1. The van der Waals surface area contributed by atoms with Gasteiger partial charge >= 0.3 is 0 Å². The van der Waals surface area contributed by atoms with Gasteiger partial charge in [0.2, 0.25) is 11.8 Å². The molecule has 3 heterocycles. The van der Waals surface area contributed by atoms with Crippen molar-refractivity contribution >= 4 is 28.5 Å². The Kier molecular flexibility index (Phi) is 4.81. The second-order valence-corrected chi connectivity index (χ2v) is 8.46. The van der Waals surface area contributed by atoms with Gasteiger partial charge in [-0.15, -0.1) is 0 Å². The summed E-state index contributed by atoms with van der Waals surface area (Å²) < 4.78 is 5.63. The smallest absolute Gasteiger partial charge is 0.230 e. The summed E-state index contributed by atoms with van der Waals surface area (Å²) in [5.74, 6) is 0.317. The Bertz CT molecular complexity index is 1110. The van der Waals surface area contributed by atoms with E-state index in [1.165, 1.54) is 5.56 Å². The Hall–Kier alpha value is -3.08. The molecular formula is C25H26N2O3. The van der Waals surface area contributed by atoms with Gasteiger partial charge in [-0.1, -0.05) is 30.3 Å². The first-order valence-electron chi connectivity index (χ1n) is 10.7. The van der Waals surface area contributed by atoms with Crippen molar-refractivity contribution in [2.45, 2.75) is 32.6 Å². The second kappa shape index (κ2) is 7.63. The van der Waals surface area contributed by atoms with Gasteiger partial charge in [-0.2, -0.15) is 0 Å². The number of aryl methyl sites for hydroxylation is 1. The third-order valence-electron chi connectivity index (χ3n) is 6.50. The van der Waals surface area contributed by atoms with Gasteiger partial charge in [-0.05, 0) is 49.4 Å². The van der Waals surface area contributed by atoms with Gasteiger partial charge in [-0.3, -0.25) is 9.59 Å². The number of hydrogen-bond donors (Lipinski definition) is 0. The number of fused-ring (bicyclic) bond motifs is 2. The lowest BCUT2D eigenvalue weighted by molar-refractivity contribution is -0.134. The summed E-state index contributed by atoms with van der Waals surface area (Å²) in [5, 5.41) is 1.01. The molecule has 3 aromatic rings. The Morgan fingerprint density at radius 1 is 1.07 bits per heavy atom. The summed E-state index contributed by atoms with van der Waals surface area (Å²) in [6.45, 7) is 4.07. The molecule has 5 rings (SSSR count). The van der Waals surface area contributed by atoms with Crippen LogP contribution in [-0.4, -0.2) is 36.3 Å². The molecule has 0 saturated carbocycles. The number of benzene rings is 2. The van der Waals surface area contributed by atoms with Gasteiger partial charge < -0.3 is 14.2 Å². The molecular weight excluding hydrogens is 376 g/mol. The van der Waals surface area contributed by atoms with Gasteiger partial charge in [0.05, 0.1) is 12.7 Å². The fraction of sp³-hybridized carbons (Fsp3) is 0.360. The number of para-hydroxylation sites is 1. The maximum absolute atomic E-state index is 13.1. The van der Waals surface area contributed by atoms with E-state index in [0.29, 0.717) is 19.5 Å². The first-order valence-corrected chi connectivity index (χ1v) is 10.7. The van der Waals surface area contributed by atoms with Crippen LogP contribution < -0.4 is 4.90 Å². The molecule has 1 saturated heterocycles. The maximum atomic E-state index is 13.1. The Morgan fingerprint density at radius 3 is 2.70 bits per heavy atom. The van der Waals surface area contributed by atoms with E-state index >= 15 is 0 Å². The molecule has 5 nitrogen and oxygen atoms in total. The van der Waals surface area contributed by atoms with Crippen molar-refractivity contribution in [2.24, 2.45) is 5.92 Å². The number of anilines is 1. The van der Waals surface area contributed by atoms with E-state index in [4.69, 9.17) is 4.42 Å². The van der Waals surface area contributed by atoms with E-state index in [0.717, 1.165) is 53.6 Å². The first kappa shape index (κ1) is 18.9. The summed E-state index contributed by atoms with van der Waals surface area (Å²) in [7, 11) is 0. The fourth-order valence-electron chi connectivity index (χ4n) is 4.77. The lowest BCUT2D eigenvalue weighted by Crippen LogP contribution is -2.44. The number of carbonyl (C=O) groups excluding carboxylic acids is 2. The minimum Gasteiger partial charge on any atom is -0.464 e. The average molecular weight is 402 g/mol. The van der Waals surface area contributed by atoms with Crippen LogP contribution in [0.5, 0.6) is 0 Å². The Morgan fingerprint density at radius 2 is 1.87 bits per heavy atom. The van der Waals surface area contributed by atoms with Crippen LogP contribution in [0, 0.1) is 12.8 Å². The molecule has 1 aromatic heterocycles. The van der Waals surface area contributed by atoms with Gasteiger partial charge in [0.25, 0.3) is 0 Å². The van der Waals surface area contributed by atoms with Crippen LogP contribution in [0.2, 0.25) is 0 Å². The van der Waals surface area contributed by atoms with Gasteiger partial charge in [0.15, 0.2) is 0 Å². The van der Waals surface area contributed by atoms with Crippen molar-refractivity contribution in [3.63, 3.8) is 0 Å². The van der Waals surface area contributed by atoms with Crippen LogP contribution in [-0.2, 0) is 22.4 Å².